The summed E-state index contributed by atoms with van der Waals surface area (Å²) in [4.78, 5) is 0. The molecular formula is C15H21Cl2NO2. The van der Waals surface area contributed by atoms with Crippen LogP contribution >= 0.6 is 23.2 Å². The Hall–Kier alpha value is -0.320. The number of halogens is 2. The summed E-state index contributed by atoms with van der Waals surface area (Å²) < 4.78 is 11.1. The van der Waals surface area contributed by atoms with Crippen LogP contribution < -0.4 is 5.32 Å². The Morgan fingerprint density at radius 3 is 2.70 bits per heavy atom. The summed E-state index contributed by atoms with van der Waals surface area (Å²) in [5.41, 5.74) is 1.10. The van der Waals surface area contributed by atoms with E-state index in [2.05, 4.69) is 12.2 Å². The quantitative estimate of drug-likeness (QED) is 0.832. The van der Waals surface area contributed by atoms with E-state index in [9.17, 15) is 0 Å². The molecule has 1 fully saturated rings. The van der Waals surface area contributed by atoms with Gasteiger partial charge in [0.25, 0.3) is 0 Å². The molecule has 3 nitrogen and oxygen atoms in total. The standard InChI is InChI=1S/C15H21Cl2NO2/c1-2-5-18-13(10-15-19-6-7-20-15)8-11-3-4-12(16)9-14(11)17/h3-4,9,13,15,18H,2,5-8,10H2,1H3. The van der Waals surface area contributed by atoms with Crippen LogP contribution in [0.1, 0.15) is 25.3 Å². The number of rotatable bonds is 7. The molecule has 2 rings (SSSR count). The Bertz CT molecular complexity index is 422. The number of ether oxygens (including phenoxy) is 2. The molecule has 1 aromatic carbocycles. The minimum absolute atomic E-state index is 0.101. The minimum atomic E-state index is -0.101. The molecule has 1 unspecified atom stereocenters. The fourth-order valence-electron chi connectivity index (χ4n) is 2.32. The molecule has 20 heavy (non-hydrogen) atoms. The van der Waals surface area contributed by atoms with Crippen molar-refractivity contribution in [1.29, 1.82) is 0 Å². The molecular weight excluding hydrogens is 297 g/mol. The zero-order chi connectivity index (χ0) is 14.4. The lowest BCUT2D eigenvalue weighted by Gasteiger charge is -2.22. The van der Waals surface area contributed by atoms with Crippen molar-refractivity contribution in [1.82, 2.24) is 5.32 Å². The van der Waals surface area contributed by atoms with Gasteiger partial charge in [-0.2, -0.15) is 0 Å². The lowest BCUT2D eigenvalue weighted by atomic mass is 10.0. The third-order valence-electron chi connectivity index (χ3n) is 3.33. The number of hydrogen-bond acceptors (Lipinski definition) is 3. The van der Waals surface area contributed by atoms with Crippen LogP contribution in [0, 0.1) is 0 Å². The van der Waals surface area contributed by atoms with Crippen LogP contribution in [0.25, 0.3) is 0 Å². The van der Waals surface area contributed by atoms with Gasteiger partial charge in [0.15, 0.2) is 6.29 Å². The molecule has 0 saturated carbocycles. The third kappa shape index (κ3) is 4.90. The van der Waals surface area contributed by atoms with Gasteiger partial charge in [0.1, 0.15) is 0 Å². The predicted octanol–water partition coefficient (Wildman–Crippen LogP) is 3.67. The maximum absolute atomic E-state index is 6.25. The lowest BCUT2D eigenvalue weighted by molar-refractivity contribution is -0.0526. The van der Waals surface area contributed by atoms with E-state index in [-0.39, 0.29) is 12.3 Å². The van der Waals surface area contributed by atoms with Gasteiger partial charge in [-0.05, 0) is 37.1 Å². The van der Waals surface area contributed by atoms with Crippen LogP contribution in [-0.2, 0) is 15.9 Å². The van der Waals surface area contributed by atoms with Gasteiger partial charge in [0.2, 0.25) is 0 Å². The van der Waals surface area contributed by atoms with Crippen LogP contribution in [0.2, 0.25) is 10.0 Å². The summed E-state index contributed by atoms with van der Waals surface area (Å²) >= 11 is 12.2. The molecule has 112 valence electrons. The van der Waals surface area contributed by atoms with Crippen molar-refractivity contribution in [2.75, 3.05) is 19.8 Å². The Labute approximate surface area is 130 Å². The van der Waals surface area contributed by atoms with E-state index in [0.29, 0.717) is 23.3 Å². The zero-order valence-electron chi connectivity index (χ0n) is 11.7. The molecule has 5 heteroatoms. The van der Waals surface area contributed by atoms with Crippen molar-refractivity contribution in [2.24, 2.45) is 0 Å². The van der Waals surface area contributed by atoms with Gasteiger partial charge in [0.05, 0.1) is 13.2 Å². The first-order valence-electron chi connectivity index (χ1n) is 7.09. The normalized spacial score (nSPS) is 17.6. The number of nitrogens with one attached hydrogen (secondary N) is 1. The fraction of sp³-hybridized carbons (Fsp3) is 0.600. The molecule has 1 saturated heterocycles. The van der Waals surface area contributed by atoms with Crippen molar-refractivity contribution in [3.63, 3.8) is 0 Å². The summed E-state index contributed by atoms with van der Waals surface area (Å²) in [5.74, 6) is 0. The van der Waals surface area contributed by atoms with E-state index in [4.69, 9.17) is 32.7 Å². The highest BCUT2D eigenvalue weighted by molar-refractivity contribution is 6.35. The van der Waals surface area contributed by atoms with Crippen molar-refractivity contribution < 1.29 is 9.47 Å². The van der Waals surface area contributed by atoms with Gasteiger partial charge >= 0.3 is 0 Å². The van der Waals surface area contributed by atoms with Crippen LogP contribution in [0.3, 0.4) is 0 Å². The molecule has 0 spiro atoms. The van der Waals surface area contributed by atoms with E-state index in [1.54, 1.807) is 6.07 Å². The minimum Gasteiger partial charge on any atom is -0.350 e. The van der Waals surface area contributed by atoms with Gasteiger partial charge in [-0.1, -0.05) is 36.2 Å². The molecule has 1 atom stereocenters. The number of benzene rings is 1. The zero-order valence-corrected chi connectivity index (χ0v) is 13.2. The van der Waals surface area contributed by atoms with Crippen LogP contribution in [0.4, 0.5) is 0 Å². The molecule has 0 radical (unpaired) electrons. The van der Waals surface area contributed by atoms with Crippen LogP contribution in [0.15, 0.2) is 18.2 Å². The van der Waals surface area contributed by atoms with Crippen molar-refractivity contribution in [3.05, 3.63) is 33.8 Å². The van der Waals surface area contributed by atoms with E-state index >= 15 is 0 Å². The monoisotopic (exact) mass is 317 g/mol. The predicted molar refractivity (Wildman–Crippen MR) is 82.6 cm³/mol. The van der Waals surface area contributed by atoms with Crippen molar-refractivity contribution in [3.8, 4) is 0 Å². The average Bonchev–Trinajstić information content (AvgIpc) is 2.92. The SMILES string of the molecule is CCCNC(Cc1ccc(Cl)cc1Cl)CC1OCCO1. The second-order valence-corrected chi connectivity index (χ2v) is 5.84. The largest absolute Gasteiger partial charge is 0.350 e. The second kappa shape index (κ2) is 8.20. The first-order valence-corrected chi connectivity index (χ1v) is 7.85. The van der Waals surface area contributed by atoms with Gasteiger partial charge in [-0.25, -0.2) is 0 Å². The fourth-order valence-corrected chi connectivity index (χ4v) is 2.80. The molecule has 1 heterocycles. The molecule has 0 bridgehead atoms. The summed E-state index contributed by atoms with van der Waals surface area (Å²) in [5, 5.41) is 4.92. The van der Waals surface area contributed by atoms with E-state index in [0.717, 1.165) is 31.4 Å². The Morgan fingerprint density at radius 1 is 1.30 bits per heavy atom. The average molecular weight is 318 g/mol. The molecule has 1 aromatic rings. The Morgan fingerprint density at radius 2 is 2.05 bits per heavy atom. The van der Waals surface area contributed by atoms with Gasteiger partial charge in [0, 0.05) is 22.5 Å². The molecule has 1 aliphatic heterocycles. The summed E-state index contributed by atoms with van der Waals surface area (Å²) in [6.45, 7) is 4.50. The highest BCUT2D eigenvalue weighted by Gasteiger charge is 2.22. The van der Waals surface area contributed by atoms with Crippen molar-refractivity contribution in [2.45, 2.75) is 38.5 Å². The summed E-state index contributed by atoms with van der Waals surface area (Å²) in [7, 11) is 0. The lowest BCUT2D eigenvalue weighted by Crippen LogP contribution is -2.35. The van der Waals surface area contributed by atoms with E-state index in [1.807, 2.05) is 12.1 Å². The maximum Gasteiger partial charge on any atom is 0.159 e. The molecule has 0 aromatic heterocycles. The van der Waals surface area contributed by atoms with Crippen molar-refractivity contribution >= 4 is 23.2 Å². The van der Waals surface area contributed by atoms with Gasteiger partial charge in [-0.15, -0.1) is 0 Å². The first-order chi connectivity index (χ1) is 9.69. The topological polar surface area (TPSA) is 30.5 Å². The van der Waals surface area contributed by atoms with Crippen LogP contribution in [0.5, 0.6) is 0 Å². The Kier molecular flexibility index (Phi) is 6.59. The molecule has 0 amide bonds. The molecule has 1 N–H and O–H groups in total. The van der Waals surface area contributed by atoms with Gasteiger partial charge < -0.3 is 14.8 Å². The maximum atomic E-state index is 6.25. The third-order valence-corrected chi connectivity index (χ3v) is 3.92. The summed E-state index contributed by atoms with van der Waals surface area (Å²) in [6, 6.07) is 5.94. The van der Waals surface area contributed by atoms with Crippen LogP contribution in [-0.4, -0.2) is 32.1 Å². The second-order valence-electron chi connectivity index (χ2n) is 5.00. The van der Waals surface area contributed by atoms with Gasteiger partial charge in [-0.3, -0.25) is 0 Å². The van der Waals surface area contributed by atoms with E-state index in [1.165, 1.54) is 0 Å². The number of hydrogen-bond donors (Lipinski definition) is 1. The Balaban J connectivity index is 1.97. The van der Waals surface area contributed by atoms with E-state index < -0.39 is 0 Å². The smallest absolute Gasteiger partial charge is 0.159 e. The first kappa shape index (κ1) is 16.1. The highest BCUT2D eigenvalue weighted by atomic mass is 35.5. The highest BCUT2D eigenvalue weighted by Crippen LogP contribution is 2.23. The summed E-state index contributed by atoms with van der Waals surface area (Å²) in [6.07, 6.45) is 2.67. The molecule has 1 aliphatic rings. The molecule has 0 aliphatic carbocycles.